The standard InChI is InChI=1S/C36H41N7O3S/c1-4-18-41(36(46)38-20-26-10-7-6-8-11-26)42-23-32(44)43-29(19-25-14-16-27(17-15-25)24(3)5-2)34(45)40(22-31(42)43)21-28-12-9-13-30-33(28)39-35(37)47-30/h4,6-17,24,29,31H,1,5,18-23H2,2-3H3,(H2,37,39)(H,38,46)/t24?,29-,31+/m0/s1. The van der Waals surface area contributed by atoms with Gasteiger partial charge in [0.1, 0.15) is 12.2 Å². The van der Waals surface area contributed by atoms with Crippen LogP contribution in [0.1, 0.15) is 48.4 Å². The molecule has 11 heteroatoms. The van der Waals surface area contributed by atoms with Crippen LogP contribution in [0.5, 0.6) is 0 Å². The van der Waals surface area contributed by atoms with E-state index in [2.05, 4.69) is 55.0 Å². The molecule has 0 aliphatic carbocycles. The highest BCUT2D eigenvalue weighted by molar-refractivity contribution is 7.22. The van der Waals surface area contributed by atoms with Crippen LogP contribution in [0, 0.1) is 0 Å². The van der Waals surface area contributed by atoms with Gasteiger partial charge in [0, 0.05) is 19.5 Å². The Bertz CT molecular complexity index is 1760. The first kappa shape index (κ1) is 32.2. The highest BCUT2D eigenvalue weighted by Gasteiger charge is 2.52. The summed E-state index contributed by atoms with van der Waals surface area (Å²) in [7, 11) is 0. The summed E-state index contributed by atoms with van der Waals surface area (Å²) < 4.78 is 0.953. The minimum atomic E-state index is -0.738. The van der Waals surface area contributed by atoms with Crippen molar-refractivity contribution in [3.63, 3.8) is 0 Å². The molecule has 244 valence electrons. The summed E-state index contributed by atoms with van der Waals surface area (Å²) in [5.41, 5.74) is 10.9. The van der Waals surface area contributed by atoms with E-state index in [9.17, 15) is 14.4 Å². The van der Waals surface area contributed by atoms with Gasteiger partial charge in [0.2, 0.25) is 11.8 Å². The average molecular weight is 652 g/mol. The van der Waals surface area contributed by atoms with Crippen molar-refractivity contribution in [3.8, 4) is 0 Å². The fourth-order valence-electron chi connectivity index (χ4n) is 6.48. The van der Waals surface area contributed by atoms with Gasteiger partial charge in [-0.1, -0.05) is 98.0 Å². The minimum absolute atomic E-state index is 0.0277. The van der Waals surface area contributed by atoms with Crippen molar-refractivity contribution in [2.24, 2.45) is 0 Å². The number of para-hydroxylation sites is 1. The zero-order chi connectivity index (χ0) is 33.1. The number of benzene rings is 3. The van der Waals surface area contributed by atoms with Gasteiger partial charge in [0.25, 0.3) is 0 Å². The zero-order valence-electron chi connectivity index (χ0n) is 26.8. The van der Waals surface area contributed by atoms with Crippen molar-refractivity contribution in [2.75, 3.05) is 25.4 Å². The summed E-state index contributed by atoms with van der Waals surface area (Å²) in [6.07, 6.45) is 2.49. The van der Waals surface area contributed by atoms with Crippen LogP contribution >= 0.6 is 11.3 Å². The predicted octanol–water partition coefficient (Wildman–Crippen LogP) is 5.13. The molecule has 3 heterocycles. The Kier molecular flexibility index (Phi) is 9.55. The highest BCUT2D eigenvalue weighted by Crippen LogP contribution is 2.32. The number of piperazine rings is 1. The Labute approximate surface area is 279 Å². The smallest absolute Gasteiger partial charge is 0.332 e. The largest absolute Gasteiger partial charge is 0.375 e. The maximum absolute atomic E-state index is 14.3. The average Bonchev–Trinajstić information content (AvgIpc) is 3.63. The second-order valence-corrected chi connectivity index (χ2v) is 13.3. The lowest BCUT2D eigenvalue weighted by molar-refractivity contribution is -0.157. The molecule has 0 radical (unpaired) electrons. The number of hydrazine groups is 1. The lowest BCUT2D eigenvalue weighted by atomic mass is 9.95. The molecule has 1 aromatic heterocycles. The van der Waals surface area contributed by atoms with Gasteiger partial charge in [-0.15, -0.1) is 6.58 Å². The Hall–Kier alpha value is -4.74. The van der Waals surface area contributed by atoms with E-state index in [0.29, 0.717) is 30.6 Å². The molecule has 4 aromatic rings. The number of thiazole rings is 1. The van der Waals surface area contributed by atoms with Crippen LogP contribution in [0.3, 0.4) is 0 Å². The molecule has 3 N–H and O–H groups in total. The topological polar surface area (TPSA) is 115 Å². The number of hydrogen-bond donors (Lipinski definition) is 2. The maximum Gasteiger partial charge on any atom is 0.332 e. The van der Waals surface area contributed by atoms with Gasteiger partial charge >= 0.3 is 6.03 Å². The van der Waals surface area contributed by atoms with Crippen LogP contribution in [0.2, 0.25) is 0 Å². The summed E-state index contributed by atoms with van der Waals surface area (Å²) in [5.74, 6) is 0.107. The zero-order valence-corrected chi connectivity index (χ0v) is 27.7. The summed E-state index contributed by atoms with van der Waals surface area (Å²) >= 11 is 1.41. The number of fused-ring (bicyclic) bond motifs is 2. The Balaban J connectivity index is 1.31. The van der Waals surface area contributed by atoms with Gasteiger partial charge in [-0.2, -0.15) is 5.01 Å². The molecule has 2 fully saturated rings. The number of carbonyl (C=O) groups excluding carboxylic acids is 3. The number of aromatic nitrogens is 1. The van der Waals surface area contributed by atoms with Crippen molar-refractivity contribution >= 4 is 44.5 Å². The van der Waals surface area contributed by atoms with Crippen molar-refractivity contribution in [3.05, 3.63) is 108 Å². The van der Waals surface area contributed by atoms with Crippen LogP contribution < -0.4 is 11.1 Å². The van der Waals surface area contributed by atoms with Crippen LogP contribution in [0.15, 0.2) is 85.5 Å². The van der Waals surface area contributed by atoms with Crippen LogP contribution in [0.25, 0.3) is 10.2 Å². The Morgan fingerprint density at radius 1 is 1.11 bits per heavy atom. The van der Waals surface area contributed by atoms with E-state index < -0.39 is 12.2 Å². The van der Waals surface area contributed by atoms with Crippen LogP contribution in [-0.4, -0.2) is 74.5 Å². The molecule has 2 saturated heterocycles. The quantitative estimate of drug-likeness (QED) is 0.218. The van der Waals surface area contributed by atoms with Crippen LogP contribution in [0.4, 0.5) is 9.93 Å². The molecular weight excluding hydrogens is 611 g/mol. The second kappa shape index (κ2) is 13.9. The molecular formula is C36H41N7O3S. The number of nitrogens with two attached hydrogens (primary N) is 1. The molecule has 0 bridgehead atoms. The number of nitrogen functional groups attached to an aromatic ring is 1. The van der Waals surface area contributed by atoms with Crippen molar-refractivity contribution < 1.29 is 14.4 Å². The first-order valence-electron chi connectivity index (χ1n) is 16.1. The number of anilines is 1. The third kappa shape index (κ3) is 6.72. The van der Waals surface area contributed by atoms with E-state index in [-0.39, 0.29) is 37.5 Å². The second-order valence-electron chi connectivity index (χ2n) is 12.2. The maximum atomic E-state index is 14.3. The lowest BCUT2D eigenvalue weighted by Crippen LogP contribution is -2.66. The van der Waals surface area contributed by atoms with Crippen molar-refractivity contribution in [1.82, 2.24) is 30.1 Å². The normalized spacial score (nSPS) is 18.8. The third-order valence-corrected chi connectivity index (χ3v) is 10.0. The van der Waals surface area contributed by atoms with E-state index in [1.54, 1.807) is 20.9 Å². The molecule has 0 saturated carbocycles. The minimum Gasteiger partial charge on any atom is -0.375 e. The van der Waals surface area contributed by atoms with E-state index in [0.717, 1.165) is 33.3 Å². The van der Waals surface area contributed by atoms with Crippen LogP contribution in [-0.2, 0) is 29.1 Å². The summed E-state index contributed by atoms with van der Waals surface area (Å²) in [6, 6.07) is 22.8. The molecule has 10 nitrogen and oxygen atoms in total. The molecule has 3 aromatic carbocycles. The summed E-state index contributed by atoms with van der Waals surface area (Å²) in [5, 5.41) is 6.78. The van der Waals surface area contributed by atoms with Gasteiger partial charge < -0.3 is 20.9 Å². The Morgan fingerprint density at radius 2 is 1.87 bits per heavy atom. The lowest BCUT2D eigenvalue weighted by Gasteiger charge is -2.46. The first-order chi connectivity index (χ1) is 22.8. The number of carbonyl (C=O) groups is 3. The number of rotatable bonds is 11. The van der Waals surface area contributed by atoms with E-state index in [1.165, 1.54) is 21.9 Å². The van der Waals surface area contributed by atoms with Crippen molar-refractivity contribution in [2.45, 2.75) is 57.9 Å². The Morgan fingerprint density at radius 3 is 2.60 bits per heavy atom. The fraction of sp³-hybridized carbons (Fsp3) is 0.333. The summed E-state index contributed by atoms with van der Waals surface area (Å²) in [4.78, 5) is 49.8. The van der Waals surface area contributed by atoms with Gasteiger partial charge in [-0.3, -0.25) is 14.6 Å². The molecule has 2 aliphatic heterocycles. The first-order valence-corrected chi connectivity index (χ1v) is 16.9. The number of urea groups is 1. The van der Waals surface area contributed by atoms with E-state index >= 15 is 0 Å². The highest BCUT2D eigenvalue weighted by atomic mass is 32.1. The molecule has 2 aliphatic rings. The number of nitrogens with one attached hydrogen (secondary N) is 1. The van der Waals surface area contributed by atoms with Gasteiger partial charge in [-0.25, -0.2) is 9.78 Å². The monoisotopic (exact) mass is 651 g/mol. The molecule has 1 unspecified atom stereocenters. The van der Waals surface area contributed by atoms with Gasteiger partial charge in [-0.05, 0) is 40.7 Å². The van der Waals surface area contributed by atoms with Crippen molar-refractivity contribution in [1.29, 1.82) is 0 Å². The number of amides is 4. The van der Waals surface area contributed by atoms with Gasteiger partial charge in [0.15, 0.2) is 5.13 Å². The molecule has 4 amide bonds. The van der Waals surface area contributed by atoms with E-state index in [4.69, 9.17) is 5.73 Å². The van der Waals surface area contributed by atoms with E-state index in [1.807, 2.05) is 48.5 Å². The summed E-state index contributed by atoms with van der Waals surface area (Å²) in [6.45, 7) is 9.27. The fourth-order valence-corrected chi connectivity index (χ4v) is 7.26. The molecule has 47 heavy (non-hydrogen) atoms. The third-order valence-electron chi connectivity index (χ3n) is 9.17. The molecule has 3 atom stereocenters. The molecule has 6 rings (SSSR count). The van der Waals surface area contributed by atoms with Gasteiger partial charge in [0.05, 0.1) is 29.9 Å². The molecule has 0 spiro atoms. The SMILES string of the molecule is C=CCN(C(=O)NCc1ccccc1)N1CC(=O)N2[C@@H](Cc3ccc(C(C)CC)cc3)C(=O)N(Cc3cccc4sc(N)nc34)C[C@@H]21. The number of hydrogen-bond acceptors (Lipinski definition) is 7. The predicted molar refractivity (Wildman–Crippen MR) is 185 cm³/mol. The number of nitrogens with zero attached hydrogens (tertiary/aromatic N) is 5.